The van der Waals surface area contributed by atoms with Crippen LogP contribution in [0.1, 0.15) is 43.9 Å². The molecular formula is C20H30N4O2S. The minimum atomic E-state index is -3.13. The topological polar surface area (TPSA) is 67.2 Å². The van der Waals surface area contributed by atoms with Crippen LogP contribution in [0.25, 0.3) is 5.69 Å². The van der Waals surface area contributed by atoms with Gasteiger partial charge >= 0.3 is 0 Å². The zero-order chi connectivity index (χ0) is 19.4. The lowest BCUT2D eigenvalue weighted by molar-refractivity contribution is 0.168. The smallest absolute Gasteiger partial charge is 0.208 e. The number of nitrogens with one attached hydrogen (secondary N) is 1. The highest BCUT2D eigenvalue weighted by Gasteiger charge is 2.23. The molecule has 1 saturated heterocycles. The summed E-state index contributed by atoms with van der Waals surface area (Å²) in [5.74, 6) is 0.720. The van der Waals surface area contributed by atoms with Crippen molar-refractivity contribution in [2.75, 3.05) is 25.9 Å². The highest BCUT2D eigenvalue weighted by molar-refractivity contribution is 7.88. The molecule has 0 bridgehead atoms. The van der Waals surface area contributed by atoms with E-state index in [-0.39, 0.29) is 0 Å². The van der Waals surface area contributed by atoms with Gasteiger partial charge in [-0.15, -0.1) is 0 Å². The number of aromatic nitrogens is 2. The lowest BCUT2D eigenvalue weighted by Gasteiger charge is -2.32. The van der Waals surface area contributed by atoms with Crippen LogP contribution in [0, 0.1) is 5.92 Å². The second kappa shape index (κ2) is 8.54. The van der Waals surface area contributed by atoms with Gasteiger partial charge in [0.05, 0.1) is 17.6 Å². The van der Waals surface area contributed by atoms with Crippen molar-refractivity contribution in [2.45, 2.75) is 39.2 Å². The number of sulfonamides is 1. The van der Waals surface area contributed by atoms with Crippen LogP contribution in [-0.2, 0) is 16.6 Å². The molecule has 1 aromatic heterocycles. The molecule has 0 spiro atoms. The van der Waals surface area contributed by atoms with E-state index in [0.717, 1.165) is 43.9 Å². The third-order valence-corrected chi connectivity index (χ3v) is 5.71. The molecule has 6 nitrogen and oxygen atoms in total. The summed E-state index contributed by atoms with van der Waals surface area (Å²) in [4.78, 5) is 2.43. The summed E-state index contributed by atoms with van der Waals surface area (Å²) in [5, 5.41) is 4.83. The predicted octanol–water partition coefficient (Wildman–Crippen LogP) is 2.76. The minimum Gasteiger partial charge on any atom is -0.299 e. The Morgan fingerprint density at radius 3 is 2.67 bits per heavy atom. The maximum absolute atomic E-state index is 11.4. The lowest BCUT2D eigenvalue weighted by atomic mass is 9.97. The Kier molecular flexibility index (Phi) is 6.34. The van der Waals surface area contributed by atoms with Crippen molar-refractivity contribution >= 4 is 10.0 Å². The van der Waals surface area contributed by atoms with Crippen molar-refractivity contribution in [1.29, 1.82) is 0 Å². The average molecular weight is 391 g/mol. The van der Waals surface area contributed by atoms with Crippen LogP contribution in [0.4, 0.5) is 0 Å². The quantitative estimate of drug-likeness (QED) is 0.789. The fourth-order valence-corrected chi connectivity index (χ4v) is 4.25. The zero-order valence-corrected chi connectivity index (χ0v) is 17.2. The Labute approximate surface area is 162 Å². The Morgan fingerprint density at radius 2 is 2.00 bits per heavy atom. The molecule has 148 valence electrons. The lowest BCUT2D eigenvalue weighted by Crippen LogP contribution is -2.40. The number of hydrogen-bond acceptors (Lipinski definition) is 4. The summed E-state index contributed by atoms with van der Waals surface area (Å²) in [6.07, 6.45) is 5.53. The van der Waals surface area contributed by atoms with Gasteiger partial charge < -0.3 is 0 Å². The second-order valence-electron chi connectivity index (χ2n) is 7.84. The Balaban J connectivity index is 1.71. The van der Waals surface area contributed by atoms with E-state index in [4.69, 9.17) is 5.10 Å². The van der Waals surface area contributed by atoms with E-state index in [2.05, 4.69) is 41.8 Å². The van der Waals surface area contributed by atoms with Gasteiger partial charge in [0.1, 0.15) is 0 Å². The van der Waals surface area contributed by atoms with Gasteiger partial charge in [0.2, 0.25) is 10.0 Å². The highest BCUT2D eigenvalue weighted by Crippen LogP contribution is 2.24. The van der Waals surface area contributed by atoms with E-state index in [0.29, 0.717) is 18.4 Å². The summed E-state index contributed by atoms with van der Waals surface area (Å²) in [6, 6.07) is 10.2. The van der Waals surface area contributed by atoms with Crippen molar-refractivity contribution in [3.63, 3.8) is 0 Å². The first kappa shape index (κ1) is 20.0. The summed E-state index contributed by atoms with van der Waals surface area (Å²) in [7, 11) is -3.13. The van der Waals surface area contributed by atoms with Crippen LogP contribution >= 0.6 is 0 Å². The van der Waals surface area contributed by atoms with Gasteiger partial charge in [-0.25, -0.2) is 17.8 Å². The maximum Gasteiger partial charge on any atom is 0.208 e. The van der Waals surface area contributed by atoms with Crippen LogP contribution < -0.4 is 4.72 Å². The molecule has 0 aliphatic carbocycles. The van der Waals surface area contributed by atoms with E-state index in [9.17, 15) is 8.42 Å². The fraction of sp³-hybridized carbons (Fsp3) is 0.550. The first-order valence-electron chi connectivity index (χ1n) is 9.62. The zero-order valence-electron chi connectivity index (χ0n) is 16.4. The summed E-state index contributed by atoms with van der Waals surface area (Å²) >= 11 is 0. The standard InChI is InChI=1S/C20H30N4O2S/c1-16(2)20-18(15-24(22-20)19-9-5-4-6-10-19)14-23-11-7-8-17(13-23)12-21-27(3,25)26/h4-6,9-10,15-17,21H,7-8,11-14H2,1-3H3/t17-/m1/s1. The van der Waals surface area contributed by atoms with E-state index in [1.54, 1.807) is 0 Å². The van der Waals surface area contributed by atoms with Crippen molar-refractivity contribution < 1.29 is 8.42 Å². The molecule has 0 amide bonds. The number of likely N-dealkylation sites (tertiary alicyclic amines) is 1. The molecule has 2 heterocycles. The van der Waals surface area contributed by atoms with Gasteiger partial charge in [0.15, 0.2) is 0 Å². The first-order valence-corrected chi connectivity index (χ1v) is 11.5. The number of piperidine rings is 1. The van der Waals surface area contributed by atoms with Crippen molar-refractivity contribution in [3.8, 4) is 5.69 Å². The van der Waals surface area contributed by atoms with Gasteiger partial charge in [-0.2, -0.15) is 5.10 Å². The molecular weight excluding hydrogens is 360 g/mol. The third-order valence-electron chi connectivity index (χ3n) is 5.02. The second-order valence-corrected chi connectivity index (χ2v) is 9.67. The highest BCUT2D eigenvalue weighted by atomic mass is 32.2. The monoisotopic (exact) mass is 390 g/mol. The van der Waals surface area contributed by atoms with E-state index >= 15 is 0 Å². The SMILES string of the molecule is CC(C)c1nn(-c2ccccc2)cc1CN1CCC[C@H](CNS(C)(=O)=O)C1. The molecule has 0 radical (unpaired) electrons. The molecule has 1 atom stereocenters. The molecule has 1 N–H and O–H groups in total. The predicted molar refractivity (Wildman–Crippen MR) is 109 cm³/mol. The van der Waals surface area contributed by atoms with E-state index < -0.39 is 10.0 Å². The third kappa shape index (κ3) is 5.64. The van der Waals surface area contributed by atoms with Gasteiger partial charge in [-0.1, -0.05) is 32.0 Å². The van der Waals surface area contributed by atoms with Gasteiger partial charge in [0, 0.05) is 31.4 Å². The molecule has 2 aromatic rings. The van der Waals surface area contributed by atoms with Crippen LogP contribution in [0.15, 0.2) is 36.5 Å². The Bertz CT molecular complexity index is 846. The van der Waals surface area contributed by atoms with Crippen molar-refractivity contribution in [2.24, 2.45) is 5.92 Å². The van der Waals surface area contributed by atoms with Gasteiger partial charge in [-0.3, -0.25) is 4.90 Å². The number of hydrogen-bond donors (Lipinski definition) is 1. The summed E-state index contributed by atoms with van der Waals surface area (Å²) in [5.41, 5.74) is 3.46. The molecule has 1 fully saturated rings. The molecule has 0 unspecified atom stereocenters. The Morgan fingerprint density at radius 1 is 1.26 bits per heavy atom. The number of para-hydroxylation sites is 1. The molecule has 0 saturated carbocycles. The molecule has 7 heteroatoms. The van der Waals surface area contributed by atoms with Crippen molar-refractivity contribution in [1.82, 2.24) is 19.4 Å². The summed E-state index contributed by atoms with van der Waals surface area (Å²) in [6.45, 7) is 7.69. The van der Waals surface area contributed by atoms with Crippen molar-refractivity contribution in [3.05, 3.63) is 47.8 Å². The van der Waals surface area contributed by atoms with E-state index in [1.165, 1.54) is 11.8 Å². The molecule has 1 aliphatic heterocycles. The fourth-order valence-electron chi connectivity index (χ4n) is 3.72. The normalized spacial score (nSPS) is 18.9. The van der Waals surface area contributed by atoms with E-state index in [1.807, 2.05) is 22.9 Å². The average Bonchev–Trinajstić information content (AvgIpc) is 3.05. The number of nitrogens with zero attached hydrogens (tertiary/aromatic N) is 3. The maximum atomic E-state index is 11.4. The molecule has 1 aromatic carbocycles. The molecule has 3 rings (SSSR count). The van der Waals surface area contributed by atoms with Gasteiger partial charge in [0.25, 0.3) is 0 Å². The van der Waals surface area contributed by atoms with Crippen LogP contribution in [0.2, 0.25) is 0 Å². The first-order chi connectivity index (χ1) is 12.8. The van der Waals surface area contributed by atoms with Crippen LogP contribution in [-0.4, -0.2) is 49.0 Å². The number of rotatable bonds is 7. The van der Waals surface area contributed by atoms with Gasteiger partial charge in [-0.05, 0) is 43.4 Å². The van der Waals surface area contributed by atoms with Crippen LogP contribution in [0.5, 0.6) is 0 Å². The van der Waals surface area contributed by atoms with Crippen LogP contribution in [0.3, 0.4) is 0 Å². The Hall–Kier alpha value is -1.70. The molecule has 1 aliphatic rings. The molecule has 27 heavy (non-hydrogen) atoms. The number of benzene rings is 1. The summed E-state index contributed by atoms with van der Waals surface area (Å²) < 4.78 is 27.4. The largest absolute Gasteiger partial charge is 0.299 e. The minimum absolute atomic E-state index is 0.359.